The highest BCUT2D eigenvalue weighted by atomic mass is 16.6. The molecule has 0 spiro atoms. The number of rotatable bonds is 5. The summed E-state index contributed by atoms with van der Waals surface area (Å²) >= 11 is 0. The molecule has 1 fully saturated rings. The van der Waals surface area contributed by atoms with Crippen LogP contribution in [0.4, 0.5) is 9.59 Å². The fraction of sp³-hybridized carbons (Fsp3) is 0.857. The van der Waals surface area contributed by atoms with Crippen LogP contribution in [-0.4, -0.2) is 70.5 Å². The van der Waals surface area contributed by atoms with Gasteiger partial charge in [0.15, 0.2) is 0 Å². The summed E-state index contributed by atoms with van der Waals surface area (Å²) in [6.45, 7) is 13.6. The van der Waals surface area contributed by atoms with Gasteiger partial charge in [0.25, 0.3) is 0 Å². The third-order valence-electron chi connectivity index (χ3n) is 4.73. The summed E-state index contributed by atoms with van der Waals surface area (Å²) in [5.74, 6) is -2.51. The largest absolute Gasteiger partial charge is 0.466 e. The fourth-order valence-electron chi connectivity index (χ4n) is 3.61. The lowest BCUT2D eigenvalue weighted by Gasteiger charge is -2.44. The van der Waals surface area contributed by atoms with Crippen LogP contribution in [0.3, 0.4) is 0 Å². The maximum atomic E-state index is 12.5. The fourth-order valence-corrected chi connectivity index (χ4v) is 3.61. The Morgan fingerprint density at radius 2 is 1.52 bits per heavy atom. The van der Waals surface area contributed by atoms with Crippen molar-refractivity contribution in [1.82, 2.24) is 10.6 Å². The zero-order valence-electron chi connectivity index (χ0n) is 19.7. The number of carbonyl (C=O) groups excluding carboxylic acids is 3. The second kappa shape index (κ2) is 10.5. The molecule has 1 aliphatic rings. The van der Waals surface area contributed by atoms with Gasteiger partial charge >= 0.3 is 18.2 Å². The average Bonchev–Trinajstić information content (AvgIpc) is 2.53. The molecule has 0 aromatic carbocycles. The molecule has 180 valence electrons. The molecular formula is C21H38N2O8. The topological polar surface area (TPSA) is 143 Å². The van der Waals surface area contributed by atoms with Gasteiger partial charge in [0.05, 0.1) is 30.8 Å². The monoisotopic (exact) mass is 446 g/mol. The van der Waals surface area contributed by atoms with Crippen LogP contribution in [0.1, 0.15) is 61.8 Å². The first kappa shape index (κ1) is 27.0. The molecule has 0 aromatic rings. The first-order valence-electron chi connectivity index (χ1n) is 10.6. The molecule has 0 saturated heterocycles. The summed E-state index contributed by atoms with van der Waals surface area (Å²) in [5, 5.41) is 26.8. The first-order chi connectivity index (χ1) is 14.1. The van der Waals surface area contributed by atoms with E-state index in [0.29, 0.717) is 0 Å². The van der Waals surface area contributed by atoms with Crippen LogP contribution >= 0.6 is 0 Å². The highest BCUT2D eigenvalue weighted by molar-refractivity contribution is 5.76. The van der Waals surface area contributed by atoms with E-state index in [9.17, 15) is 24.6 Å². The molecule has 10 nitrogen and oxygen atoms in total. The molecule has 1 saturated carbocycles. The van der Waals surface area contributed by atoms with Gasteiger partial charge in [-0.05, 0) is 61.8 Å². The van der Waals surface area contributed by atoms with Crippen LogP contribution in [-0.2, 0) is 19.0 Å². The number of hydrogen-bond acceptors (Lipinski definition) is 8. The maximum absolute atomic E-state index is 12.5. The SMILES string of the molecule is CCOC(=O)C1C[C@H](O)[C@H](C(C)NC(=O)OC(C)(C)C)[C@H](O)[C@@H]1NC(=O)OC(C)(C)C. The van der Waals surface area contributed by atoms with E-state index in [2.05, 4.69) is 10.6 Å². The highest BCUT2D eigenvalue weighted by Crippen LogP contribution is 2.33. The van der Waals surface area contributed by atoms with Crippen molar-refractivity contribution in [2.45, 2.75) is 97.3 Å². The van der Waals surface area contributed by atoms with Gasteiger partial charge in [-0.25, -0.2) is 9.59 Å². The summed E-state index contributed by atoms with van der Waals surface area (Å²) in [6, 6.07) is -1.80. The predicted molar refractivity (Wildman–Crippen MR) is 112 cm³/mol. The molecule has 4 N–H and O–H groups in total. The number of esters is 1. The summed E-state index contributed by atoms with van der Waals surface area (Å²) in [5.41, 5.74) is -1.50. The van der Waals surface area contributed by atoms with Crippen LogP contribution < -0.4 is 10.6 Å². The molecule has 0 radical (unpaired) electrons. The molecule has 10 heteroatoms. The van der Waals surface area contributed by atoms with E-state index in [1.807, 2.05) is 0 Å². The van der Waals surface area contributed by atoms with Gasteiger partial charge in [-0.1, -0.05) is 0 Å². The number of nitrogens with one attached hydrogen (secondary N) is 2. The minimum atomic E-state index is -1.37. The van der Waals surface area contributed by atoms with Crippen LogP contribution in [0.25, 0.3) is 0 Å². The molecule has 2 unspecified atom stereocenters. The molecule has 2 amide bonds. The number of aliphatic hydroxyl groups is 2. The van der Waals surface area contributed by atoms with Gasteiger partial charge < -0.3 is 35.1 Å². The number of aliphatic hydroxyl groups excluding tert-OH is 2. The van der Waals surface area contributed by atoms with Crippen LogP contribution in [0.2, 0.25) is 0 Å². The molecule has 31 heavy (non-hydrogen) atoms. The lowest BCUT2D eigenvalue weighted by atomic mass is 9.71. The quantitative estimate of drug-likeness (QED) is 0.369. The van der Waals surface area contributed by atoms with Crippen molar-refractivity contribution in [2.24, 2.45) is 11.8 Å². The Morgan fingerprint density at radius 3 is 2.00 bits per heavy atom. The molecule has 6 atom stereocenters. The number of amides is 2. The van der Waals surface area contributed by atoms with Gasteiger partial charge in [-0.2, -0.15) is 0 Å². The van der Waals surface area contributed by atoms with E-state index in [0.717, 1.165) is 0 Å². The molecular weight excluding hydrogens is 408 g/mol. The lowest BCUT2D eigenvalue weighted by Crippen LogP contribution is -2.63. The van der Waals surface area contributed by atoms with E-state index in [4.69, 9.17) is 14.2 Å². The van der Waals surface area contributed by atoms with Crippen LogP contribution in [0, 0.1) is 11.8 Å². The molecule has 0 aromatic heterocycles. The van der Waals surface area contributed by atoms with E-state index < -0.39 is 65.5 Å². The zero-order valence-corrected chi connectivity index (χ0v) is 19.7. The summed E-state index contributed by atoms with van der Waals surface area (Å²) in [7, 11) is 0. The summed E-state index contributed by atoms with van der Waals surface area (Å²) in [6.07, 6.45) is -4.08. The van der Waals surface area contributed by atoms with Gasteiger partial charge in [-0.3, -0.25) is 4.79 Å². The van der Waals surface area contributed by atoms with E-state index in [1.54, 1.807) is 55.4 Å². The third kappa shape index (κ3) is 8.53. The van der Waals surface area contributed by atoms with E-state index in [-0.39, 0.29) is 13.0 Å². The highest BCUT2D eigenvalue weighted by Gasteiger charge is 2.50. The van der Waals surface area contributed by atoms with Crippen LogP contribution in [0.5, 0.6) is 0 Å². The molecule has 0 bridgehead atoms. The minimum absolute atomic E-state index is 0.0681. The predicted octanol–water partition coefficient (Wildman–Crippen LogP) is 1.71. The average molecular weight is 447 g/mol. The third-order valence-corrected chi connectivity index (χ3v) is 4.73. The maximum Gasteiger partial charge on any atom is 0.407 e. The Labute approximate surface area is 184 Å². The summed E-state index contributed by atoms with van der Waals surface area (Å²) < 4.78 is 15.5. The summed E-state index contributed by atoms with van der Waals surface area (Å²) in [4.78, 5) is 36.9. The van der Waals surface area contributed by atoms with Crippen molar-refractivity contribution in [2.75, 3.05) is 6.61 Å². The molecule has 1 aliphatic carbocycles. The first-order valence-corrected chi connectivity index (χ1v) is 10.6. The Hall–Kier alpha value is -2.07. The van der Waals surface area contributed by atoms with Gasteiger partial charge in [-0.15, -0.1) is 0 Å². The van der Waals surface area contributed by atoms with Gasteiger partial charge in [0, 0.05) is 12.0 Å². The Balaban J connectivity index is 3.06. The van der Waals surface area contributed by atoms with E-state index >= 15 is 0 Å². The van der Waals surface area contributed by atoms with Crippen molar-refractivity contribution >= 4 is 18.2 Å². The molecule has 1 rings (SSSR count). The molecule has 0 aliphatic heterocycles. The lowest BCUT2D eigenvalue weighted by molar-refractivity contribution is -0.159. The molecule has 0 heterocycles. The van der Waals surface area contributed by atoms with Gasteiger partial charge in [0.2, 0.25) is 0 Å². The standard InChI is InChI=1S/C21H38N2O8/c1-9-29-17(26)12-10-13(24)14(11(2)22-18(27)30-20(3,4)5)16(25)15(12)23-19(28)31-21(6,7)8/h11-16,24-25H,9-10H2,1-8H3,(H,22,27)(H,23,28)/t11?,12?,13-,14-,15+,16-/m0/s1. The smallest absolute Gasteiger partial charge is 0.407 e. The Bertz CT molecular complexity index is 640. The Morgan fingerprint density at radius 1 is 1.00 bits per heavy atom. The van der Waals surface area contributed by atoms with Crippen molar-refractivity contribution in [3.05, 3.63) is 0 Å². The number of hydrogen-bond donors (Lipinski definition) is 4. The second-order valence-electron chi connectivity index (χ2n) is 9.84. The minimum Gasteiger partial charge on any atom is -0.466 e. The van der Waals surface area contributed by atoms with Crippen molar-refractivity contribution in [3.63, 3.8) is 0 Å². The van der Waals surface area contributed by atoms with Crippen LogP contribution in [0.15, 0.2) is 0 Å². The van der Waals surface area contributed by atoms with Crippen molar-refractivity contribution in [3.8, 4) is 0 Å². The number of carbonyl (C=O) groups is 3. The zero-order chi connectivity index (χ0) is 24.1. The van der Waals surface area contributed by atoms with Crippen molar-refractivity contribution in [1.29, 1.82) is 0 Å². The second-order valence-corrected chi connectivity index (χ2v) is 9.84. The Kier molecular flexibility index (Phi) is 9.13. The van der Waals surface area contributed by atoms with E-state index in [1.165, 1.54) is 0 Å². The van der Waals surface area contributed by atoms with Crippen molar-refractivity contribution < 1.29 is 38.8 Å². The normalized spacial score (nSPS) is 27.6. The number of ether oxygens (including phenoxy) is 3. The number of alkyl carbamates (subject to hydrolysis) is 2. The van der Waals surface area contributed by atoms with Gasteiger partial charge in [0.1, 0.15) is 11.2 Å².